The Labute approximate surface area is 170 Å². The average molecular weight is 406 g/mol. The van der Waals surface area contributed by atoms with Gasteiger partial charge in [0.2, 0.25) is 6.79 Å². The quantitative estimate of drug-likeness (QED) is 0.567. The lowest BCUT2D eigenvalue weighted by Gasteiger charge is -2.27. The Kier molecular flexibility index (Phi) is 6.74. The first-order valence-corrected chi connectivity index (χ1v) is 10.3. The van der Waals surface area contributed by atoms with Crippen molar-refractivity contribution in [2.45, 2.75) is 27.3 Å². The van der Waals surface area contributed by atoms with Crippen LogP contribution in [-0.4, -0.2) is 54.5 Å². The fraction of sp³-hybridized carbons (Fsp3) is 0.500. The SMILES string of the molecule is CCNC(=S)N(CC[NH+](CC)CC)Cc1cc2cc3c(cc2[nH]c1=O)OCO3. The average Bonchev–Trinajstić information content (AvgIpc) is 3.13. The number of benzene rings is 1. The summed E-state index contributed by atoms with van der Waals surface area (Å²) in [6.07, 6.45) is 0. The maximum Gasteiger partial charge on any atom is 0.253 e. The molecule has 1 aliphatic rings. The minimum absolute atomic E-state index is 0.106. The largest absolute Gasteiger partial charge is 0.454 e. The first-order chi connectivity index (χ1) is 13.5. The zero-order valence-corrected chi connectivity index (χ0v) is 17.6. The van der Waals surface area contributed by atoms with Crippen LogP contribution in [0.1, 0.15) is 26.3 Å². The third-order valence-electron chi connectivity index (χ3n) is 5.13. The van der Waals surface area contributed by atoms with E-state index in [0.29, 0.717) is 28.7 Å². The number of aromatic nitrogens is 1. The summed E-state index contributed by atoms with van der Waals surface area (Å²) in [5, 5.41) is 4.81. The van der Waals surface area contributed by atoms with Crippen LogP contribution in [0.5, 0.6) is 11.5 Å². The van der Waals surface area contributed by atoms with E-state index < -0.39 is 0 Å². The highest BCUT2D eigenvalue weighted by Gasteiger charge is 2.18. The normalized spacial score (nSPS) is 12.6. The van der Waals surface area contributed by atoms with E-state index in [9.17, 15) is 4.79 Å². The van der Waals surface area contributed by atoms with Crippen molar-refractivity contribution in [1.82, 2.24) is 15.2 Å². The highest BCUT2D eigenvalue weighted by atomic mass is 32.1. The van der Waals surface area contributed by atoms with Crippen molar-refractivity contribution in [3.8, 4) is 11.5 Å². The van der Waals surface area contributed by atoms with Gasteiger partial charge in [-0.1, -0.05) is 0 Å². The van der Waals surface area contributed by atoms with Crippen molar-refractivity contribution in [2.24, 2.45) is 0 Å². The molecule has 7 nitrogen and oxygen atoms in total. The third-order valence-corrected chi connectivity index (χ3v) is 5.53. The summed E-state index contributed by atoms with van der Waals surface area (Å²) >= 11 is 5.56. The number of ether oxygens (including phenoxy) is 2. The Morgan fingerprint density at radius 1 is 1.21 bits per heavy atom. The highest BCUT2D eigenvalue weighted by Crippen LogP contribution is 2.35. The van der Waals surface area contributed by atoms with Gasteiger partial charge in [-0.15, -0.1) is 0 Å². The molecular weight excluding hydrogens is 376 g/mol. The van der Waals surface area contributed by atoms with E-state index in [-0.39, 0.29) is 12.4 Å². The van der Waals surface area contributed by atoms with Crippen molar-refractivity contribution in [3.05, 3.63) is 34.1 Å². The number of nitrogens with one attached hydrogen (secondary N) is 3. The number of fused-ring (bicyclic) bond motifs is 2. The number of hydrogen-bond acceptors (Lipinski definition) is 4. The molecular formula is C20H29N4O3S+. The van der Waals surface area contributed by atoms with Crippen LogP contribution in [0, 0.1) is 0 Å². The molecule has 2 aromatic rings. The maximum atomic E-state index is 12.7. The van der Waals surface area contributed by atoms with Crippen LogP contribution < -0.4 is 25.2 Å². The Bertz CT molecular complexity index is 895. The Morgan fingerprint density at radius 2 is 1.93 bits per heavy atom. The van der Waals surface area contributed by atoms with Gasteiger partial charge in [0.05, 0.1) is 38.2 Å². The lowest BCUT2D eigenvalue weighted by Crippen LogP contribution is -3.12. The van der Waals surface area contributed by atoms with Gasteiger partial charge in [0.25, 0.3) is 5.56 Å². The van der Waals surface area contributed by atoms with E-state index in [1.54, 1.807) is 0 Å². The highest BCUT2D eigenvalue weighted by molar-refractivity contribution is 7.80. The van der Waals surface area contributed by atoms with Gasteiger partial charge in [-0.25, -0.2) is 0 Å². The Balaban J connectivity index is 1.85. The monoisotopic (exact) mass is 405 g/mol. The predicted molar refractivity (Wildman–Crippen MR) is 114 cm³/mol. The molecule has 0 spiro atoms. The van der Waals surface area contributed by atoms with E-state index >= 15 is 0 Å². The molecule has 0 fully saturated rings. The van der Waals surface area contributed by atoms with Crippen LogP contribution in [0.25, 0.3) is 10.9 Å². The van der Waals surface area contributed by atoms with Crippen LogP contribution >= 0.6 is 12.2 Å². The van der Waals surface area contributed by atoms with Crippen LogP contribution in [0.4, 0.5) is 0 Å². The zero-order chi connectivity index (χ0) is 20.1. The molecule has 1 aromatic carbocycles. The lowest BCUT2D eigenvalue weighted by molar-refractivity contribution is -0.895. The van der Waals surface area contributed by atoms with Crippen molar-refractivity contribution < 1.29 is 14.4 Å². The minimum atomic E-state index is -0.106. The molecule has 3 rings (SSSR count). The number of pyridine rings is 1. The molecule has 1 aliphatic heterocycles. The molecule has 0 saturated carbocycles. The van der Waals surface area contributed by atoms with Crippen LogP contribution in [0.2, 0.25) is 0 Å². The summed E-state index contributed by atoms with van der Waals surface area (Å²) in [6, 6.07) is 5.64. The molecule has 2 heterocycles. The Morgan fingerprint density at radius 3 is 2.61 bits per heavy atom. The summed E-state index contributed by atoms with van der Waals surface area (Å²) in [7, 11) is 0. The molecule has 28 heavy (non-hydrogen) atoms. The standard InChI is InChI=1S/C20H28N4O3S/c1-4-21-20(28)24(8-7-23(5-2)6-3)12-15-9-14-10-17-18(27-13-26-17)11-16(14)22-19(15)25/h9-11H,4-8,12-13H2,1-3H3,(H,21,28)(H,22,25)/p+1. The van der Waals surface area contributed by atoms with Gasteiger partial charge < -0.3 is 29.6 Å². The molecule has 0 amide bonds. The summed E-state index contributed by atoms with van der Waals surface area (Å²) in [4.78, 5) is 19.2. The van der Waals surface area contributed by atoms with Gasteiger partial charge in [0.1, 0.15) is 0 Å². The first kappa shape index (κ1) is 20.4. The number of hydrogen-bond donors (Lipinski definition) is 3. The van der Waals surface area contributed by atoms with Gasteiger partial charge in [0.15, 0.2) is 16.6 Å². The topological polar surface area (TPSA) is 71.0 Å². The van der Waals surface area contributed by atoms with Gasteiger partial charge in [-0.05, 0) is 45.1 Å². The number of rotatable bonds is 8. The number of likely N-dealkylation sites (N-methyl/N-ethyl adjacent to an activating group) is 1. The second-order valence-corrected chi connectivity index (χ2v) is 7.27. The molecule has 0 atom stereocenters. The van der Waals surface area contributed by atoms with Gasteiger partial charge >= 0.3 is 0 Å². The first-order valence-electron chi connectivity index (χ1n) is 9.87. The molecule has 152 valence electrons. The molecule has 0 saturated heterocycles. The molecule has 0 bridgehead atoms. The van der Waals surface area contributed by atoms with Crippen LogP contribution in [-0.2, 0) is 6.54 Å². The van der Waals surface area contributed by atoms with E-state index in [4.69, 9.17) is 21.7 Å². The summed E-state index contributed by atoms with van der Waals surface area (Å²) in [5.41, 5.74) is 1.32. The number of H-pyrrole nitrogens is 1. The molecule has 3 N–H and O–H groups in total. The number of aromatic amines is 1. The maximum absolute atomic E-state index is 12.7. The number of quaternary nitrogens is 1. The number of nitrogens with zero attached hydrogens (tertiary/aromatic N) is 1. The second kappa shape index (κ2) is 9.25. The molecule has 0 radical (unpaired) electrons. The predicted octanol–water partition coefficient (Wildman–Crippen LogP) is 0.878. The fourth-order valence-corrected chi connectivity index (χ4v) is 3.68. The van der Waals surface area contributed by atoms with E-state index in [0.717, 1.165) is 43.6 Å². The minimum Gasteiger partial charge on any atom is -0.454 e. The number of thiocarbonyl (C=S) groups is 1. The van der Waals surface area contributed by atoms with Crippen molar-refractivity contribution in [3.63, 3.8) is 0 Å². The summed E-state index contributed by atoms with van der Waals surface area (Å²) in [5.74, 6) is 1.36. The Hall–Kier alpha value is -2.32. The zero-order valence-electron chi connectivity index (χ0n) is 16.8. The van der Waals surface area contributed by atoms with E-state index in [1.807, 2.05) is 25.1 Å². The third kappa shape index (κ3) is 4.56. The lowest BCUT2D eigenvalue weighted by atomic mass is 10.1. The van der Waals surface area contributed by atoms with Crippen LogP contribution in [0.15, 0.2) is 23.0 Å². The fourth-order valence-electron chi connectivity index (χ4n) is 3.38. The molecule has 1 aromatic heterocycles. The van der Waals surface area contributed by atoms with Gasteiger partial charge in [-0.3, -0.25) is 4.79 Å². The summed E-state index contributed by atoms with van der Waals surface area (Å²) < 4.78 is 10.9. The van der Waals surface area contributed by atoms with Crippen molar-refractivity contribution >= 4 is 28.2 Å². The van der Waals surface area contributed by atoms with E-state index in [1.165, 1.54) is 4.90 Å². The second-order valence-electron chi connectivity index (χ2n) is 6.88. The summed E-state index contributed by atoms with van der Waals surface area (Å²) in [6.45, 7) is 11.7. The van der Waals surface area contributed by atoms with E-state index in [2.05, 4.69) is 29.0 Å². The molecule has 0 aliphatic carbocycles. The van der Waals surface area contributed by atoms with Crippen molar-refractivity contribution in [1.29, 1.82) is 0 Å². The van der Waals surface area contributed by atoms with Crippen molar-refractivity contribution in [2.75, 3.05) is 39.5 Å². The van der Waals surface area contributed by atoms with Gasteiger partial charge in [-0.2, -0.15) is 0 Å². The van der Waals surface area contributed by atoms with Crippen LogP contribution in [0.3, 0.4) is 0 Å². The molecule has 8 heteroatoms. The smallest absolute Gasteiger partial charge is 0.253 e. The molecule has 0 unspecified atom stereocenters. The van der Waals surface area contributed by atoms with Gasteiger partial charge in [0, 0.05) is 23.6 Å².